The highest BCUT2D eigenvalue weighted by Crippen LogP contribution is 2.41. The van der Waals surface area contributed by atoms with Crippen molar-refractivity contribution in [1.82, 2.24) is 9.80 Å². The van der Waals surface area contributed by atoms with Gasteiger partial charge in [-0.05, 0) is 71.9 Å². The lowest BCUT2D eigenvalue weighted by Gasteiger charge is -2.42. The van der Waals surface area contributed by atoms with Gasteiger partial charge in [0.2, 0.25) is 0 Å². The molecule has 2 saturated heterocycles. The fraction of sp³-hybridized carbons (Fsp3) is 0.615. The molecule has 1 spiro atoms. The Morgan fingerprint density at radius 3 is 1.91 bits per heavy atom. The van der Waals surface area contributed by atoms with Crippen LogP contribution in [0.25, 0.3) is 0 Å². The Balaban J connectivity index is 1.96. The number of ether oxygens (including phenoxy) is 2. The van der Waals surface area contributed by atoms with Gasteiger partial charge in [-0.25, -0.2) is 19.3 Å². The minimum atomic E-state index is -1.51. The molecule has 0 saturated carbocycles. The molecule has 9 nitrogen and oxygen atoms in total. The summed E-state index contributed by atoms with van der Waals surface area (Å²) in [6.45, 7) is 15.0. The number of para-hydroxylation sites is 1. The third-order valence-electron chi connectivity index (χ3n) is 6.05. The normalized spacial score (nSPS) is 18.5. The van der Waals surface area contributed by atoms with Crippen molar-refractivity contribution < 1.29 is 28.7 Å². The average Bonchev–Trinajstić information content (AvgIpc) is 2.92. The minimum absolute atomic E-state index is 0.169. The quantitative estimate of drug-likeness (QED) is 0.523. The lowest BCUT2D eigenvalue weighted by molar-refractivity contribution is -0.133. The number of urea groups is 1. The van der Waals surface area contributed by atoms with Crippen LogP contribution in [0.15, 0.2) is 24.3 Å². The van der Waals surface area contributed by atoms with Crippen LogP contribution in [0.5, 0.6) is 0 Å². The second kappa shape index (κ2) is 9.17. The lowest BCUT2D eigenvalue weighted by atomic mass is 9.85. The number of carbonyl (C=O) groups is 4. The number of piperidine rings is 1. The number of carbonyl (C=O) groups excluding carboxylic acids is 4. The maximum Gasteiger partial charge on any atom is 0.425 e. The first-order valence-corrected chi connectivity index (χ1v) is 12.1. The Kier molecular flexibility index (Phi) is 6.94. The van der Waals surface area contributed by atoms with E-state index in [-0.39, 0.29) is 12.8 Å². The third-order valence-corrected chi connectivity index (χ3v) is 6.05. The fourth-order valence-corrected chi connectivity index (χ4v) is 4.52. The van der Waals surface area contributed by atoms with Gasteiger partial charge in [0.25, 0.3) is 5.91 Å². The Morgan fingerprint density at radius 2 is 1.40 bits per heavy atom. The zero-order valence-electron chi connectivity index (χ0n) is 22.0. The summed E-state index contributed by atoms with van der Waals surface area (Å²) in [6, 6.07) is 7.04. The first-order valence-electron chi connectivity index (χ1n) is 12.1. The maximum atomic E-state index is 13.7. The van der Waals surface area contributed by atoms with E-state index in [0.29, 0.717) is 23.9 Å². The van der Waals surface area contributed by atoms with Crippen molar-refractivity contribution in [3.8, 4) is 0 Å². The first kappa shape index (κ1) is 26.5. The molecule has 192 valence electrons. The van der Waals surface area contributed by atoms with Gasteiger partial charge in [0.15, 0.2) is 0 Å². The molecule has 9 heteroatoms. The summed E-state index contributed by atoms with van der Waals surface area (Å²) in [5.74, 6) is -0.447. The van der Waals surface area contributed by atoms with Crippen LogP contribution in [-0.2, 0) is 14.3 Å². The van der Waals surface area contributed by atoms with Gasteiger partial charge in [-0.3, -0.25) is 4.79 Å². The summed E-state index contributed by atoms with van der Waals surface area (Å²) in [5, 5.41) is 0. The highest BCUT2D eigenvalue weighted by Gasteiger charge is 2.64. The van der Waals surface area contributed by atoms with E-state index in [0.717, 1.165) is 10.6 Å². The van der Waals surface area contributed by atoms with Crippen LogP contribution in [0.3, 0.4) is 0 Å². The lowest BCUT2D eigenvalue weighted by Crippen LogP contribution is -2.59. The molecule has 0 radical (unpaired) electrons. The van der Waals surface area contributed by atoms with Crippen molar-refractivity contribution in [3.05, 3.63) is 29.8 Å². The molecular formula is C26H37N3O6. The van der Waals surface area contributed by atoms with Crippen molar-refractivity contribution in [1.29, 1.82) is 0 Å². The van der Waals surface area contributed by atoms with Crippen LogP contribution < -0.4 is 4.90 Å². The van der Waals surface area contributed by atoms with Gasteiger partial charge >= 0.3 is 18.2 Å². The molecule has 1 aromatic carbocycles. The number of hydrogen-bond donors (Lipinski definition) is 0. The molecule has 2 aliphatic heterocycles. The van der Waals surface area contributed by atoms with Crippen LogP contribution in [-0.4, -0.2) is 63.8 Å². The number of rotatable bonds is 2. The number of hydrogen-bond acceptors (Lipinski definition) is 7. The molecule has 0 bridgehead atoms. The molecule has 0 atom stereocenters. The SMILES string of the molecule is CC(C)c1ccccc1N1CCC2(CC1)C(=O)N(C(=O)OC(C)(C)C)C(=O)N2C(=O)OC(C)(C)C. The predicted molar refractivity (Wildman–Crippen MR) is 131 cm³/mol. The van der Waals surface area contributed by atoms with Crippen LogP contribution in [0.2, 0.25) is 0 Å². The summed E-state index contributed by atoms with van der Waals surface area (Å²) in [5.41, 5.74) is -1.09. The van der Waals surface area contributed by atoms with Crippen molar-refractivity contribution in [2.24, 2.45) is 0 Å². The molecule has 2 fully saturated rings. The molecule has 3 rings (SSSR count). The summed E-state index contributed by atoms with van der Waals surface area (Å²) >= 11 is 0. The van der Waals surface area contributed by atoms with Crippen LogP contribution in [0.4, 0.5) is 20.1 Å². The third kappa shape index (κ3) is 5.28. The summed E-state index contributed by atoms with van der Waals surface area (Å²) in [4.78, 5) is 56.5. The standard InChI is InChI=1S/C26H37N3O6/c1-17(2)18-11-9-10-12-19(18)27-15-13-26(14-16-27)20(30)28(22(32)34-24(3,4)5)21(31)29(26)23(33)35-25(6,7)8/h9-12,17H,13-16H2,1-8H3. The zero-order chi connectivity index (χ0) is 26.3. The summed E-state index contributed by atoms with van der Waals surface area (Å²) in [6.07, 6.45) is -1.70. The van der Waals surface area contributed by atoms with Gasteiger partial charge in [0, 0.05) is 18.8 Å². The molecule has 35 heavy (non-hydrogen) atoms. The largest absolute Gasteiger partial charge is 0.443 e. The summed E-state index contributed by atoms with van der Waals surface area (Å²) in [7, 11) is 0. The first-order chi connectivity index (χ1) is 16.1. The number of amides is 5. The van der Waals surface area contributed by atoms with Crippen LogP contribution in [0, 0.1) is 0 Å². The topological polar surface area (TPSA) is 96.5 Å². The Bertz CT molecular complexity index is 1010. The van der Waals surface area contributed by atoms with E-state index in [1.807, 2.05) is 18.2 Å². The van der Waals surface area contributed by atoms with E-state index in [4.69, 9.17) is 9.47 Å². The highest BCUT2D eigenvalue weighted by molar-refractivity contribution is 6.20. The van der Waals surface area contributed by atoms with Gasteiger partial charge in [-0.2, -0.15) is 4.90 Å². The van der Waals surface area contributed by atoms with E-state index in [9.17, 15) is 19.2 Å². The second-order valence-corrected chi connectivity index (χ2v) is 11.5. The van der Waals surface area contributed by atoms with Gasteiger partial charge in [0.05, 0.1) is 0 Å². The number of nitrogens with zero attached hydrogens (tertiary/aromatic N) is 3. The highest BCUT2D eigenvalue weighted by atomic mass is 16.6. The van der Waals surface area contributed by atoms with Gasteiger partial charge in [-0.1, -0.05) is 32.0 Å². The maximum absolute atomic E-state index is 13.7. The van der Waals surface area contributed by atoms with Crippen molar-refractivity contribution in [2.45, 2.75) is 90.9 Å². The smallest absolute Gasteiger partial charge is 0.425 e. The molecule has 0 N–H and O–H groups in total. The number of benzene rings is 1. The van der Waals surface area contributed by atoms with Crippen LogP contribution in [0.1, 0.15) is 79.7 Å². The molecule has 5 amide bonds. The average molecular weight is 488 g/mol. The number of anilines is 1. The minimum Gasteiger partial charge on any atom is -0.443 e. The van der Waals surface area contributed by atoms with Crippen molar-refractivity contribution >= 4 is 29.8 Å². The molecule has 2 aliphatic rings. The Morgan fingerprint density at radius 1 is 0.886 bits per heavy atom. The summed E-state index contributed by atoms with van der Waals surface area (Å²) < 4.78 is 10.8. The molecule has 0 unspecified atom stereocenters. The molecule has 2 heterocycles. The van der Waals surface area contributed by atoms with Crippen molar-refractivity contribution in [3.63, 3.8) is 0 Å². The van der Waals surface area contributed by atoms with E-state index in [1.54, 1.807) is 41.5 Å². The molecule has 1 aromatic rings. The Hall–Kier alpha value is -3.10. The van der Waals surface area contributed by atoms with E-state index in [1.165, 1.54) is 5.56 Å². The van der Waals surface area contributed by atoms with Gasteiger partial charge < -0.3 is 14.4 Å². The number of imide groups is 4. The van der Waals surface area contributed by atoms with Crippen LogP contribution >= 0.6 is 0 Å². The van der Waals surface area contributed by atoms with E-state index >= 15 is 0 Å². The fourth-order valence-electron chi connectivity index (χ4n) is 4.52. The molecule has 0 aliphatic carbocycles. The monoisotopic (exact) mass is 487 g/mol. The molecule has 0 aromatic heterocycles. The Labute approximate surface area is 207 Å². The second-order valence-electron chi connectivity index (χ2n) is 11.5. The van der Waals surface area contributed by atoms with Crippen molar-refractivity contribution in [2.75, 3.05) is 18.0 Å². The van der Waals surface area contributed by atoms with Gasteiger partial charge in [0.1, 0.15) is 16.7 Å². The van der Waals surface area contributed by atoms with E-state index in [2.05, 4.69) is 24.8 Å². The zero-order valence-corrected chi connectivity index (χ0v) is 22.0. The van der Waals surface area contributed by atoms with E-state index < -0.39 is 40.9 Å². The van der Waals surface area contributed by atoms with Gasteiger partial charge in [-0.15, -0.1) is 0 Å². The molecular weight excluding hydrogens is 450 g/mol. The predicted octanol–water partition coefficient (Wildman–Crippen LogP) is 5.28.